The molecule has 4 aromatic rings. The Balaban J connectivity index is 2.05. The highest BCUT2D eigenvalue weighted by molar-refractivity contribution is 5.97. The minimum atomic E-state index is -0.733. The molecule has 0 spiro atoms. The number of fused-ring (bicyclic) bond motifs is 2. The number of esters is 1. The highest BCUT2D eigenvalue weighted by Crippen LogP contribution is 2.11. The molecule has 156 valence electrons. The Bertz CT molecular complexity index is 1470. The van der Waals surface area contributed by atoms with Crippen LogP contribution in [0.2, 0.25) is 0 Å². The van der Waals surface area contributed by atoms with E-state index in [1.165, 1.54) is 27.2 Å². The number of aromatic nitrogens is 3. The molecule has 1 amide bonds. The van der Waals surface area contributed by atoms with E-state index in [2.05, 4.69) is 9.98 Å². The van der Waals surface area contributed by atoms with Crippen LogP contribution in [0.1, 0.15) is 27.6 Å². The predicted molar refractivity (Wildman–Crippen MR) is 110 cm³/mol. The Morgan fingerprint density at radius 2 is 1.90 bits per heavy atom. The van der Waals surface area contributed by atoms with Crippen molar-refractivity contribution in [1.82, 2.24) is 14.0 Å². The number of carbonyl (C=O) groups excluding carboxylic acids is 2. The summed E-state index contributed by atoms with van der Waals surface area (Å²) in [7, 11) is 1.55. The summed E-state index contributed by atoms with van der Waals surface area (Å²) in [5, 5.41) is 0.169. The molecule has 0 atom stereocenters. The van der Waals surface area contributed by atoms with Gasteiger partial charge >= 0.3 is 5.97 Å². The highest BCUT2D eigenvalue weighted by atomic mass is 19.1. The van der Waals surface area contributed by atoms with E-state index in [1.54, 1.807) is 38.4 Å². The Morgan fingerprint density at radius 1 is 1.16 bits per heavy atom. The molecule has 31 heavy (non-hydrogen) atoms. The van der Waals surface area contributed by atoms with Crippen molar-refractivity contribution in [2.24, 2.45) is 12.0 Å². The number of aryl methyl sites for hydroxylation is 1. The largest absolute Gasteiger partial charge is 0.462 e. The lowest BCUT2D eigenvalue weighted by molar-refractivity contribution is 0.0523. The van der Waals surface area contributed by atoms with Crippen molar-refractivity contribution < 1.29 is 18.7 Å². The summed E-state index contributed by atoms with van der Waals surface area (Å²) in [6, 6.07) is 11.3. The fourth-order valence-electron chi connectivity index (χ4n) is 3.21. The minimum absolute atomic E-state index is 0.0209. The third-order valence-electron chi connectivity index (χ3n) is 4.71. The zero-order valence-corrected chi connectivity index (χ0v) is 16.7. The topological polar surface area (TPSA) is 95.0 Å². The van der Waals surface area contributed by atoms with E-state index < -0.39 is 17.7 Å². The molecule has 0 saturated heterocycles. The first kappa shape index (κ1) is 20.1. The molecule has 0 aliphatic heterocycles. The minimum Gasteiger partial charge on any atom is -0.462 e. The zero-order valence-electron chi connectivity index (χ0n) is 16.7. The fraction of sp³-hybridized carbons (Fsp3) is 0.136. The second-order valence-corrected chi connectivity index (χ2v) is 6.67. The summed E-state index contributed by atoms with van der Waals surface area (Å²) in [6.07, 6.45) is 1.57. The quantitative estimate of drug-likeness (QED) is 0.374. The molecular formula is C22H17FN4O4. The molecule has 9 heteroatoms. The predicted octanol–water partition coefficient (Wildman–Crippen LogP) is 2.24. The average Bonchev–Trinajstić information content (AvgIpc) is 2.76. The van der Waals surface area contributed by atoms with E-state index >= 15 is 0 Å². The van der Waals surface area contributed by atoms with Gasteiger partial charge in [-0.15, -0.1) is 0 Å². The Morgan fingerprint density at radius 3 is 2.61 bits per heavy atom. The zero-order chi connectivity index (χ0) is 22.1. The van der Waals surface area contributed by atoms with Crippen molar-refractivity contribution in [1.29, 1.82) is 0 Å². The SMILES string of the molecule is CCOC(=O)c1cc2c(=O)n3ccccc3nc2n(C)c1=NC(=O)c1ccc(F)cc1. The van der Waals surface area contributed by atoms with Gasteiger partial charge in [0.2, 0.25) is 0 Å². The molecule has 3 heterocycles. The van der Waals surface area contributed by atoms with Gasteiger partial charge < -0.3 is 9.30 Å². The van der Waals surface area contributed by atoms with Crippen molar-refractivity contribution >= 4 is 28.6 Å². The number of rotatable bonds is 3. The summed E-state index contributed by atoms with van der Waals surface area (Å²) >= 11 is 0. The Labute approximate surface area is 174 Å². The average molecular weight is 420 g/mol. The van der Waals surface area contributed by atoms with E-state index in [-0.39, 0.29) is 39.8 Å². The van der Waals surface area contributed by atoms with E-state index in [0.29, 0.717) is 5.65 Å². The standard InChI is InChI=1S/C22H17FN4O4/c1-3-31-22(30)16-12-15-18(24-17-6-4-5-11-27(17)21(15)29)26(2)19(16)25-20(28)13-7-9-14(23)10-8-13/h4-12H,3H2,1-2H3. The second-order valence-electron chi connectivity index (χ2n) is 6.67. The van der Waals surface area contributed by atoms with E-state index in [4.69, 9.17) is 4.74 Å². The monoisotopic (exact) mass is 420 g/mol. The first-order valence-corrected chi connectivity index (χ1v) is 9.43. The van der Waals surface area contributed by atoms with Gasteiger partial charge in [-0.2, -0.15) is 4.99 Å². The first-order chi connectivity index (χ1) is 14.9. The molecule has 1 aromatic carbocycles. The molecule has 0 unspecified atom stereocenters. The van der Waals surface area contributed by atoms with Crippen LogP contribution in [0, 0.1) is 5.82 Å². The lowest BCUT2D eigenvalue weighted by atomic mass is 10.2. The third-order valence-corrected chi connectivity index (χ3v) is 4.71. The van der Waals surface area contributed by atoms with Crippen LogP contribution in [0.3, 0.4) is 0 Å². The fourth-order valence-corrected chi connectivity index (χ4v) is 3.21. The molecule has 0 fully saturated rings. The number of hydrogen-bond donors (Lipinski definition) is 0. The maximum Gasteiger partial charge on any atom is 0.341 e. The molecule has 0 aliphatic rings. The summed E-state index contributed by atoms with van der Waals surface area (Å²) in [4.78, 5) is 46.8. The van der Waals surface area contributed by atoms with Crippen LogP contribution in [-0.4, -0.2) is 32.4 Å². The number of hydrogen-bond acceptors (Lipinski definition) is 5. The molecule has 3 aromatic heterocycles. The van der Waals surface area contributed by atoms with E-state index in [1.807, 2.05) is 0 Å². The lowest BCUT2D eigenvalue weighted by Crippen LogP contribution is -2.31. The van der Waals surface area contributed by atoms with Crippen LogP contribution >= 0.6 is 0 Å². The Kier molecular flexibility index (Phi) is 5.16. The van der Waals surface area contributed by atoms with Crippen molar-refractivity contribution in [3.63, 3.8) is 0 Å². The summed E-state index contributed by atoms with van der Waals surface area (Å²) < 4.78 is 21.0. The first-order valence-electron chi connectivity index (χ1n) is 9.43. The normalized spacial score (nSPS) is 11.8. The van der Waals surface area contributed by atoms with Crippen molar-refractivity contribution in [2.75, 3.05) is 6.61 Å². The lowest BCUT2D eigenvalue weighted by Gasteiger charge is -2.11. The molecule has 0 aliphatic carbocycles. The highest BCUT2D eigenvalue weighted by Gasteiger charge is 2.18. The summed E-state index contributed by atoms with van der Waals surface area (Å²) in [6.45, 7) is 1.74. The number of halogens is 1. The number of ether oxygens (including phenoxy) is 1. The molecule has 0 bridgehead atoms. The number of pyridine rings is 2. The maximum absolute atomic E-state index is 13.2. The second kappa shape index (κ2) is 7.94. The van der Waals surface area contributed by atoms with Gasteiger partial charge in [-0.3, -0.25) is 14.0 Å². The van der Waals surface area contributed by atoms with Gasteiger partial charge in [-0.25, -0.2) is 14.2 Å². The molecule has 4 rings (SSSR count). The van der Waals surface area contributed by atoms with E-state index in [0.717, 1.165) is 12.1 Å². The van der Waals surface area contributed by atoms with Crippen LogP contribution in [0.25, 0.3) is 16.7 Å². The van der Waals surface area contributed by atoms with Crippen molar-refractivity contribution in [3.8, 4) is 0 Å². The van der Waals surface area contributed by atoms with E-state index in [9.17, 15) is 18.8 Å². The third kappa shape index (κ3) is 3.61. The van der Waals surface area contributed by atoms with Crippen LogP contribution in [0.5, 0.6) is 0 Å². The van der Waals surface area contributed by atoms with Crippen molar-refractivity contribution in [2.45, 2.75) is 6.92 Å². The number of carbonyl (C=O) groups is 2. The van der Waals surface area contributed by atoms with Crippen LogP contribution < -0.4 is 11.0 Å². The van der Waals surface area contributed by atoms with Crippen LogP contribution in [0.4, 0.5) is 4.39 Å². The number of benzene rings is 1. The van der Waals surface area contributed by atoms with Crippen molar-refractivity contribution in [3.05, 3.63) is 87.5 Å². The molecule has 0 saturated carbocycles. The molecule has 8 nitrogen and oxygen atoms in total. The van der Waals surface area contributed by atoms with Gasteiger partial charge in [0, 0.05) is 18.8 Å². The van der Waals surface area contributed by atoms with Gasteiger partial charge in [0.25, 0.3) is 11.5 Å². The Hall–Kier alpha value is -4.14. The number of amides is 1. The van der Waals surface area contributed by atoms with Crippen LogP contribution in [-0.2, 0) is 11.8 Å². The maximum atomic E-state index is 13.2. The van der Waals surface area contributed by atoms with Crippen LogP contribution in [0.15, 0.2) is 64.5 Å². The van der Waals surface area contributed by atoms with Gasteiger partial charge in [-0.1, -0.05) is 6.07 Å². The smallest absolute Gasteiger partial charge is 0.341 e. The molecule has 0 radical (unpaired) electrons. The molecular weight excluding hydrogens is 403 g/mol. The summed E-state index contributed by atoms with van der Waals surface area (Å²) in [5.74, 6) is -1.90. The number of nitrogens with zero attached hydrogens (tertiary/aromatic N) is 4. The van der Waals surface area contributed by atoms with Gasteiger partial charge in [0.1, 0.15) is 22.7 Å². The van der Waals surface area contributed by atoms with Gasteiger partial charge in [-0.05, 0) is 49.4 Å². The molecule has 0 N–H and O–H groups in total. The van der Waals surface area contributed by atoms with Gasteiger partial charge in [0.15, 0.2) is 5.49 Å². The van der Waals surface area contributed by atoms with Gasteiger partial charge in [0.05, 0.1) is 12.0 Å². The summed E-state index contributed by atoms with van der Waals surface area (Å²) in [5.41, 5.74) is 0.334.